The summed E-state index contributed by atoms with van der Waals surface area (Å²) in [6, 6.07) is 8.73. The molecule has 1 aliphatic carbocycles. The molecule has 3 N–H and O–H groups in total. The number of aromatic nitrogens is 3. The maximum absolute atomic E-state index is 15.0. The molecule has 5 aliphatic heterocycles. The van der Waals surface area contributed by atoms with Crippen LogP contribution in [0.2, 0.25) is 0 Å². The summed E-state index contributed by atoms with van der Waals surface area (Å²) in [6.07, 6.45) is 9.47. The number of benzene rings is 1. The molecule has 7 atom stereocenters. The van der Waals surface area contributed by atoms with Crippen molar-refractivity contribution < 1.29 is 28.7 Å². The van der Waals surface area contributed by atoms with Crippen LogP contribution in [0.5, 0.6) is 0 Å². The van der Waals surface area contributed by atoms with Crippen LogP contribution in [0.1, 0.15) is 108 Å². The molecule has 10 rings (SSSR count). The number of carbonyl (C=O) groups excluding carboxylic acids is 4. The van der Waals surface area contributed by atoms with Crippen molar-refractivity contribution in [1.82, 2.24) is 45.4 Å². The van der Waals surface area contributed by atoms with Crippen LogP contribution in [-0.4, -0.2) is 130 Å². The minimum Gasteiger partial charge on any atom is -0.464 e. The second-order valence-electron chi connectivity index (χ2n) is 21.4. The summed E-state index contributed by atoms with van der Waals surface area (Å²) in [5, 5.41) is 12.0. The summed E-state index contributed by atoms with van der Waals surface area (Å²) in [4.78, 5) is 71.6. The predicted octanol–water partition coefficient (Wildman–Crippen LogP) is 6.05. The van der Waals surface area contributed by atoms with Crippen LogP contribution in [-0.2, 0) is 48.0 Å². The van der Waals surface area contributed by atoms with Crippen LogP contribution in [0.15, 0.2) is 41.9 Å². The van der Waals surface area contributed by atoms with Crippen LogP contribution in [0.25, 0.3) is 33.4 Å². The number of esters is 1. The zero-order chi connectivity index (χ0) is 47.5. The van der Waals surface area contributed by atoms with E-state index in [4.69, 9.17) is 19.4 Å². The van der Waals surface area contributed by atoms with Gasteiger partial charge in [-0.3, -0.25) is 39.4 Å². The van der Waals surface area contributed by atoms with E-state index in [1.807, 2.05) is 24.1 Å². The zero-order valence-corrected chi connectivity index (χ0v) is 41.5. The first-order valence-electron chi connectivity index (χ1n) is 25.2. The molecule has 6 bridgehead atoms. The van der Waals surface area contributed by atoms with Crippen molar-refractivity contribution in [3.8, 4) is 22.5 Å². The number of cyclic esters (lactones) is 1. The van der Waals surface area contributed by atoms with Gasteiger partial charge in [0, 0.05) is 96.7 Å². The fourth-order valence-corrected chi connectivity index (χ4v) is 13.0. The van der Waals surface area contributed by atoms with Crippen molar-refractivity contribution >= 4 is 45.9 Å². The number of ether oxygens (including phenoxy) is 2. The number of hydrazine groups is 1. The second kappa shape index (κ2) is 18.9. The fourth-order valence-electron chi connectivity index (χ4n) is 12.1. The largest absolute Gasteiger partial charge is 0.464 e. The van der Waals surface area contributed by atoms with Gasteiger partial charge in [-0.1, -0.05) is 32.8 Å². The summed E-state index contributed by atoms with van der Waals surface area (Å²) < 4.78 is 14.4. The molecule has 15 nitrogen and oxygen atoms in total. The monoisotopic (exact) mass is 948 g/mol. The fraction of sp³-hybridized carbons (Fsp3) is 0.615. The van der Waals surface area contributed by atoms with E-state index in [-0.39, 0.29) is 66.3 Å². The van der Waals surface area contributed by atoms with Crippen molar-refractivity contribution in [3.05, 3.63) is 58.2 Å². The van der Waals surface area contributed by atoms with Gasteiger partial charge in [0.15, 0.2) is 0 Å². The summed E-state index contributed by atoms with van der Waals surface area (Å²) >= 11 is 1.49. The molecule has 1 spiro atoms. The molecule has 16 heteroatoms. The molecule has 3 amide bonds. The lowest BCUT2D eigenvalue weighted by molar-refractivity contribution is -0.155. The van der Waals surface area contributed by atoms with E-state index in [2.05, 4.69) is 82.9 Å². The second-order valence-corrected chi connectivity index (χ2v) is 22.4. The Morgan fingerprint density at radius 2 is 1.85 bits per heavy atom. The van der Waals surface area contributed by atoms with Crippen LogP contribution < -0.4 is 16.1 Å². The van der Waals surface area contributed by atoms with E-state index >= 15 is 4.79 Å². The Bertz CT molecular complexity index is 2570. The lowest BCUT2D eigenvalue weighted by atomic mass is 9.84. The molecule has 1 unspecified atom stereocenters. The number of hydrogen-bond acceptors (Lipinski definition) is 12. The number of nitrogens with one attached hydrogen (secondary N) is 3. The lowest BCUT2D eigenvalue weighted by Gasteiger charge is -2.37. The summed E-state index contributed by atoms with van der Waals surface area (Å²) in [7, 11) is 1.70. The SMILES string of the molecule is CCn1c(-c2cccnc2[C@H](C)OC)c2c3cc(ccc31)-c1csc(n1)C[C@H](NC(=O)C(C1CCCC1)N1CC[C@]3(CCN(C(=O)[C@@H]4N[C@@H]4C)C3)C1)C(=O)N1CCC[C@H](N1)C(=O)OCC(C)(C)C2. The molecule has 6 aliphatic rings. The van der Waals surface area contributed by atoms with Crippen LogP contribution in [0.4, 0.5) is 0 Å². The quantitative estimate of drug-likeness (QED) is 0.132. The number of nitrogens with zero attached hydrogens (tertiary/aromatic N) is 6. The van der Waals surface area contributed by atoms with Crippen molar-refractivity contribution in [2.75, 3.05) is 46.4 Å². The Balaban J connectivity index is 0.986. The number of hydrogen-bond donors (Lipinski definition) is 3. The van der Waals surface area contributed by atoms with E-state index < -0.39 is 23.5 Å². The van der Waals surface area contributed by atoms with Gasteiger partial charge in [-0.25, -0.2) is 10.4 Å². The van der Waals surface area contributed by atoms with E-state index in [1.54, 1.807) is 7.11 Å². The smallest absolute Gasteiger partial charge is 0.324 e. The first-order valence-corrected chi connectivity index (χ1v) is 26.0. The van der Waals surface area contributed by atoms with Gasteiger partial charge in [0.25, 0.3) is 5.91 Å². The Morgan fingerprint density at radius 1 is 1.06 bits per heavy atom. The minimum absolute atomic E-state index is 0.0384. The topological polar surface area (TPSA) is 173 Å². The molecule has 5 fully saturated rings. The highest BCUT2D eigenvalue weighted by molar-refractivity contribution is 7.10. The Morgan fingerprint density at radius 3 is 2.62 bits per heavy atom. The third-order valence-corrected chi connectivity index (χ3v) is 16.9. The predicted molar refractivity (Wildman–Crippen MR) is 261 cm³/mol. The number of methoxy groups -OCH3 is 1. The highest BCUT2D eigenvalue weighted by atomic mass is 32.1. The number of pyridine rings is 1. The van der Waals surface area contributed by atoms with E-state index in [0.717, 1.165) is 121 Å². The van der Waals surface area contributed by atoms with Crippen molar-refractivity contribution in [1.29, 1.82) is 0 Å². The first kappa shape index (κ1) is 47.0. The van der Waals surface area contributed by atoms with Crippen LogP contribution in [0.3, 0.4) is 0 Å². The standard InChI is InChI=1S/C52H69N9O6S/c1-7-60-41-17-16-34-24-36(41)37(46(60)35-14-10-20-53-44(35)32(3)66-6)26-51(4,5)30-67-50(65)38-15-11-21-61(57-38)48(63)39(25-42-55-40(34)27-68-42)56-47(62)45(33-12-8-9-13-33)58-22-18-52(28-58)19-23-59(29-52)49(64)43-31(2)54-43/h10,14,16-17,20,24,27,31-33,38-39,43,45,54,57H,7-9,11-13,15,18-19,21-23,25-26,28-30H2,1-6H3,(H,56,62)/t31-,32+,38+,39+,43-,45?,52+/m1/s1. The molecular weight excluding hydrogens is 879 g/mol. The molecule has 364 valence electrons. The van der Waals surface area contributed by atoms with Gasteiger partial charge >= 0.3 is 5.97 Å². The third-order valence-electron chi connectivity index (χ3n) is 16.0. The van der Waals surface area contributed by atoms with Gasteiger partial charge < -0.3 is 24.3 Å². The molecule has 4 aromatic rings. The highest BCUT2D eigenvalue weighted by Crippen LogP contribution is 2.44. The van der Waals surface area contributed by atoms with Gasteiger partial charge in [-0.15, -0.1) is 11.3 Å². The van der Waals surface area contributed by atoms with Gasteiger partial charge in [0.05, 0.1) is 40.8 Å². The van der Waals surface area contributed by atoms with Crippen molar-refractivity contribution in [2.45, 2.75) is 142 Å². The summed E-state index contributed by atoms with van der Waals surface area (Å²) in [5.41, 5.74) is 9.65. The maximum atomic E-state index is 15.0. The molecule has 1 saturated carbocycles. The summed E-state index contributed by atoms with van der Waals surface area (Å²) in [6.45, 7) is 14.8. The number of fused-ring (bicyclic) bond motifs is 6. The van der Waals surface area contributed by atoms with Crippen LogP contribution >= 0.6 is 11.3 Å². The number of likely N-dealkylation sites (tertiary alicyclic amines) is 2. The molecule has 4 saturated heterocycles. The number of rotatable bonds is 9. The van der Waals surface area contributed by atoms with Crippen molar-refractivity contribution in [2.24, 2.45) is 16.7 Å². The first-order chi connectivity index (χ1) is 32.7. The third kappa shape index (κ3) is 9.11. The number of aryl methyl sites for hydroxylation is 1. The maximum Gasteiger partial charge on any atom is 0.324 e. The molecule has 8 heterocycles. The molecule has 1 aromatic carbocycles. The lowest BCUT2D eigenvalue weighted by Crippen LogP contribution is -2.62. The minimum atomic E-state index is -0.923. The number of carbonyl (C=O) groups is 4. The van der Waals surface area contributed by atoms with Crippen molar-refractivity contribution in [3.63, 3.8) is 0 Å². The molecule has 3 aromatic heterocycles. The molecule has 68 heavy (non-hydrogen) atoms. The summed E-state index contributed by atoms with van der Waals surface area (Å²) in [5.74, 6) is -0.450. The number of amides is 3. The average molecular weight is 948 g/mol. The van der Waals surface area contributed by atoms with E-state index in [0.29, 0.717) is 25.8 Å². The number of thiazole rings is 1. The average Bonchev–Trinajstić information content (AvgIpc) is 4.00. The zero-order valence-electron chi connectivity index (χ0n) is 40.6. The molecular formula is C52H69N9O6S. The van der Waals surface area contributed by atoms with E-state index in [9.17, 15) is 14.4 Å². The van der Waals surface area contributed by atoms with E-state index in [1.165, 1.54) is 16.3 Å². The van der Waals surface area contributed by atoms with Crippen LogP contribution in [0, 0.1) is 16.7 Å². The van der Waals surface area contributed by atoms with Gasteiger partial charge in [-0.05, 0) is 108 Å². The Hall–Kier alpha value is -4.74. The van der Waals surface area contributed by atoms with Gasteiger partial charge in [0.2, 0.25) is 11.8 Å². The Labute approximate surface area is 404 Å². The highest BCUT2D eigenvalue weighted by Gasteiger charge is 2.51. The van der Waals surface area contributed by atoms with Gasteiger partial charge in [0.1, 0.15) is 18.1 Å². The Kier molecular flexibility index (Phi) is 13.0. The van der Waals surface area contributed by atoms with Gasteiger partial charge in [-0.2, -0.15) is 0 Å². The molecule has 0 radical (unpaired) electrons. The normalized spacial score (nSPS) is 27.7.